The highest BCUT2D eigenvalue weighted by Gasteiger charge is 2.42. The van der Waals surface area contributed by atoms with Crippen molar-refractivity contribution < 1.29 is 41.7 Å². The number of aromatic carboxylic acids is 1. The summed E-state index contributed by atoms with van der Waals surface area (Å²) in [5, 5.41) is 23.7. The third-order valence-electron chi connectivity index (χ3n) is 3.19. The minimum atomic E-state index is -5.19. The Labute approximate surface area is 136 Å². The molecular formula is C13H10F5N3O4. The first-order valence-electron chi connectivity index (χ1n) is 6.50. The number of aliphatic hydroxyl groups excluding tert-OH is 1. The van der Waals surface area contributed by atoms with Gasteiger partial charge in [0.05, 0.1) is 11.8 Å². The Morgan fingerprint density at radius 3 is 2.44 bits per heavy atom. The summed E-state index contributed by atoms with van der Waals surface area (Å²) in [6.07, 6.45) is -10.6. The molecule has 0 aliphatic rings. The number of rotatable bonds is 5. The van der Waals surface area contributed by atoms with Gasteiger partial charge in [0, 0.05) is 17.3 Å². The van der Waals surface area contributed by atoms with Gasteiger partial charge in [-0.25, -0.2) is 13.6 Å². The van der Waals surface area contributed by atoms with Gasteiger partial charge in [-0.15, -0.1) is 5.10 Å². The first kappa shape index (κ1) is 18.6. The number of aromatic nitrogens is 3. The standard InChI is InChI=1S/C13H10F5N3O4/c1-4-8(12(23)24)20-21-11(4)25-6-3-19-2-5(7(6)10(14)15)9(22)13(16,17)18/h2-3,9-10,22H,1H3,(H,20,21)(H,23,24). The second-order valence-electron chi connectivity index (χ2n) is 4.82. The summed E-state index contributed by atoms with van der Waals surface area (Å²) in [6.45, 7) is 1.26. The van der Waals surface area contributed by atoms with Crippen LogP contribution in [-0.2, 0) is 0 Å². The number of carboxylic acid groups (broad SMARTS) is 1. The Bertz CT molecular complexity index is 790. The second kappa shape index (κ2) is 6.63. The fraction of sp³-hybridized carbons (Fsp3) is 0.308. The summed E-state index contributed by atoms with van der Waals surface area (Å²) in [5.41, 5.74) is -2.84. The number of hydrogen-bond donors (Lipinski definition) is 3. The highest BCUT2D eigenvalue weighted by molar-refractivity contribution is 5.87. The highest BCUT2D eigenvalue weighted by Crippen LogP contribution is 2.41. The molecule has 2 aromatic rings. The Kier molecular flexibility index (Phi) is 4.92. The fourth-order valence-corrected chi connectivity index (χ4v) is 1.97. The molecule has 0 amide bonds. The number of aromatic amines is 1. The number of halogens is 5. The third kappa shape index (κ3) is 3.68. The lowest BCUT2D eigenvalue weighted by molar-refractivity contribution is -0.207. The van der Waals surface area contributed by atoms with Crippen LogP contribution in [0.15, 0.2) is 12.4 Å². The second-order valence-corrected chi connectivity index (χ2v) is 4.82. The SMILES string of the molecule is Cc1c(Oc2cncc(C(O)C(F)(F)F)c2C(F)F)n[nH]c1C(=O)O. The van der Waals surface area contributed by atoms with Crippen molar-refractivity contribution >= 4 is 5.97 Å². The number of carbonyl (C=O) groups is 1. The molecule has 2 aromatic heterocycles. The highest BCUT2D eigenvalue weighted by atomic mass is 19.4. The molecule has 0 aromatic carbocycles. The lowest BCUT2D eigenvalue weighted by Crippen LogP contribution is -2.22. The van der Waals surface area contributed by atoms with Crippen LogP contribution in [0.4, 0.5) is 22.0 Å². The molecule has 1 atom stereocenters. The minimum Gasteiger partial charge on any atom is -0.477 e. The van der Waals surface area contributed by atoms with Gasteiger partial charge in [0.2, 0.25) is 5.88 Å². The molecule has 25 heavy (non-hydrogen) atoms. The molecule has 0 spiro atoms. The van der Waals surface area contributed by atoms with Gasteiger partial charge in [0.1, 0.15) is 5.69 Å². The largest absolute Gasteiger partial charge is 0.477 e. The van der Waals surface area contributed by atoms with Gasteiger partial charge in [0.15, 0.2) is 11.9 Å². The Hall–Kier alpha value is -2.76. The van der Waals surface area contributed by atoms with Gasteiger partial charge in [0.25, 0.3) is 6.43 Å². The van der Waals surface area contributed by atoms with Gasteiger partial charge in [-0.3, -0.25) is 10.1 Å². The van der Waals surface area contributed by atoms with Crippen molar-refractivity contribution in [2.24, 2.45) is 0 Å². The molecule has 0 aliphatic carbocycles. The number of hydrogen-bond acceptors (Lipinski definition) is 5. The number of H-pyrrole nitrogens is 1. The maximum absolute atomic E-state index is 13.3. The van der Waals surface area contributed by atoms with E-state index >= 15 is 0 Å². The Morgan fingerprint density at radius 2 is 1.96 bits per heavy atom. The smallest absolute Gasteiger partial charge is 0.418 e. The quantitative estimate of drug-likeness (QED) is 0.701. The van der Waals surface area contributed by atoms with Gasteiger partial charge in [-0.1, -0.05) is 0 Å². The van der Waals surface area contributed by atoms with E-state index in [4.69, 9.17) is 9.84 Å². The van der Waals surface area contributed by atoms with E-state index in [9.17, 15) is 31.9 Å². The van der Waals surface area contributed by atoms with E-state index in [1.807, 2.05) is 0 Å². The Balaban J connectivity index is 2.50. The molecule has 7 nitrogen and oxygen atoms in total. The minimum absolute atomic E-state index is 0.0607. The fourth-order valence-electron chi connectivity index (χ4n) is 1.97. The van der Waals surface area contributed by atoms with Crippen LogP contribution in [0.3, 0.4) is 0 Å². The van der Waals surface area contributed by atoms with E-state index < -0.39 is 47.4 Å². The number of nitrogens with zero attached hydrogens (tertiary/aromatic N) is 2. The van der Waals surface area contributed by atoms with Gasteiger partial charge < -0.3 is 14.9 Å². The number of aliphatic hydroxyl groups is 1. The molecule has 0 fully saturated rings. The topological polar surface area (TPSA) is 108 Å². The van der Waals surface area contributed by atoms with E-state index in [1.165, 1.54) is 6.92 Å². The molecule has 0 aliphatic heterocycles. The monoisotopic (exact) mass is 367 g/mol. The van der Waals surface area contributed by atoms with Crippen LogP contribution in [0, 0.1) is 6.92 Å². The number of ether oxygens (including phenoxy) is 1. The lowest BCUT2D eigenvalue weighted by Gasteiger charge is -2.19. The summed E-state index contributed by atoms with van der Waals surface area (Å²) in [7, 11) is 0. The first-order chi connectivity index (χ1) is 11.5. The van der Waals surface area contributed by atoms with Crippen molar-refractivity contribution in [3.63, 3.8) is 0 Å². The molecule has 1 unspecified atom stereocenters. The van der Waals surface area contributed by atoms with E-state index in [1.54, 1.807) is 0 Å². The van der Waals surface area contributed by atoms with Gasteiger partial charge >= 0.3 is 12.1 Å². The number of nitrogens with one attached hydrogen (secondary N) is 1. The van der Waals surface area contributed by atoms with Crippen molar-refractivity contribution in [3.05, 3.63) is 34.8 Å². The van der Waals surface area contributed by atoms with E-state index in [0.717, 1.165) is 0 Å². The normalized spacial score (nSPS) is 13.1. The zero-order valence-corrected chi connectivity index (χ0v) is 12.3. The number of alkyl halides is 5. The van der Waals surface area contributed by atoms with E-state index in [-0.39, 0.29) is 11.3 Å². The van der Waals surface area contributed by atoms with Crippen LogP contribution >= 0.6 is 0 Å². The van der Waals surface area contributed by atoms with Gasteiger partial charge in [-0.2, -0.15) is 13.2 Å². The van der Waals surface area contributed by atoms with Crippen LogP contribution in [0.1, 0.15) is 39.7 Å². The predicted molar refractivity (Wildman–Crippen MR) is 70.6 cm³/mol. The zero-order valence-electron chi connectivity index (χ0n) is 12.3. The van der Waals surface area contributed by atoms with Crippen molar-refractivity contribution in [2.45, 2.75) is 25.6 Å². The molecule has 2 heterocycles. The summed E-state index contributed by atoms with van der Waals surface area (Å²) in [6, 6.07) is 0. The summed E-state index contributed by atoms with van der Waals surface area (Å²) < 4.78 is 69.5. The molecule has 0 bridgehead atoms. The molecule has 136 valence electrons. The van der Waals surface area contributed by atoms with Crippen molar-refractivity contribution in [1.29, 1.82) is 0 Å². The van der Waals surface area contributed by atoms with E-state index in [2.05, 4.69) is 15.2 Å². The van der Waals surface area contributed by atoms with Crippen LogP contribution in [0.2, 0.25) is 0 Å². The van der Waals surface area contributed by atoms with Crippen LogP contribution < -0.4 is 4.74 Å². The molecule has 3 N–H and O–H groups in total. The van der Waals surface area contributed by atoms with Crippen LogP contribution in [0.5, 0.6) is 11.6 Å². The Morgan fingerprint density at radius 1 is 1.32 bits per heavy atom. The average molecular weight is 367 g/mol. The third-order valence-corrected chi connectivity index (χ3v) is 3.19. The predicted octanol–water partition coefficient (Wildman–Crippen LogP) is 3.14. The number of pyridine rings is 1. The molecule has 2 rings (SSSR count). The zero-order chi connectivity index (χ0) is 18.9. The first-order valence-corrected chi connectivity index (χ1v) is 6.50. The van der Waals surface area contributed by atoms with Crippen LogP contribution in [-0.4, -0.2) is 37.5 Å². The number of carboxylic acids is 1. The lowest BCUT2D eigenvalue weighted by atomic mass is 10.0. The average Bonchev–Trinajstić information content (AvgIpc) is 2.86. The van der Waals surface area contributed by atoms with Crippen molar-refractivity contribution in [3.8, 4) is 11.6 Å². The molecule has 0 saturated carbocycles. The van der Waals surface area contributed by atoms with E-state index in [0.29, 0.717) is 12.4 Å². The van der Waals surface area contributed by atoms with Gasteiger partial charge in [-0.05, 0) is 6.92 Å². The summed E-state index contributed by atoms with van der Waals surface area (Å²) in [5.74, 6) is -2.62. The maximum atomic E-state index is 13.3. The summed E-state index contributed by atoms with van der Waals surface area (Å²) in [4.78, 5) is 14.3. The summed E-state index contributed by atoms with van der Waals surface area (Å²) >= 11 is 0. The molecule has 0 radical (unpaired) electrons. The maximum Gasteiger partial charge on any atom is 0.418 e. The van der Waals surface area contributed by atoms with Crippen LogP contribution in [0.25, 0.3) is 0 Å². The van der Waals surface area contributed by atoms with Crippen molar-refractivity contribution in [1.82, 2.24) is 15.2 Å². The molecule has 12 heteroatoms. The van der Waals surface area contributed by atoms with Crippen molar-refractivity contribution in [2.75, 3.05) is 0 Å². The molecular weight excluding hydrogens is 357 g/mol. The molecule has 0 saturated heterocycles.